The molecule has 18 heavy (non-hydrogen) atoms. The molecule has 0 unspecified atom stereocenters. The van der Waals surface area contributed by atoms with Gasteiger partial charge in [0, 0.05) is 12.6 Å². The Hall–Kier alpha value is -1.62. The average Bonchev–Trinajstić information content (AvgIpc) is 2.28. The second-order valence-corrected chi connectivity index (χ2v) is 5.07. The lowest BCUT2D eigenvalue weighted by atomic mass is 10.1. The predicted octanol–water partition coefficient (Wildman–Crippen LogP) is 2.65. The zero-order valence-corrected chi connectivity index (χ0v) is 11.2. The quantitative estimate of drug-likeness (QED) is 0.479. The molecule has 0 aliphatic heterocycles. The normalized spacial score (nSPS) is 11.2. The molecule has 5 heteroatoms. The third-order valence-electron chi connectivity index (χ3n) is 2.83. The van der Waals surface area contributed by atoms with E-state index in [2.05, 4.69) is 18.7 Å². The number of nitrogens with two attached hydrogens (primary N) is 1. The molecular formula is C13H21N3O2. The van der Waals surface area contributed by atoms with Crippen LogP contribution in [0.1, 0.15) is 25.8 Å². The summed E-state index contributed by atoms with van der Waals surface area (Å²) >= 11 is 0. The Labute approximate surface area is 108 Å². The molecule has 0 saturated heterocycles. The minimum absolute atomic E-state index is 0.00948. The second-order valence-electron chi connectivity index (χ2n) is 5.07. The summed E-state index contributed by atoms with van der Waals surface area (Å²) in [5.41, 5.74) is 6.69. The van der Waals surface area contributed by atoms with E-state index >= 15 is 0 Å². The number of nitro benzene ring substituents is 1. The predicted molar refractivity (Wildman–Crippen MR) is 73.3 cm³/mol. The zero-order valence-electron chi connectivity index (χ0n) is 11.2. The van der Waals surface area contributed by atoms with Crippen molar-refractivity contribution in [2.45, 2.75) is 26.8 Å². The summed E-state index contributed by atoms with van der Waals surface area (Å²) in [6, 6.07) is 5.00. The van der Waals surface area contributed by atoms with Crippen LogP contribution in [0.25, 0.3) is 0 Å². The van der Waals surface area contributed by atoms with E-state index < -0.39 is 4.92 Å². The summed E-state index contributed by atoms with van der Waals surface area (Å²) in [4.78, 5) is 12.5. The Morgan fingerprint density at radius 3 is 2.67 bits per heavy atom. The van der Waals surface area contributed by atoms with Gasteiger partial charge in [0.25, 0.3) is 5.69 Å². The standard InChI is InChI=1S/C13H21N3O2/c1-10(2)6-7-15(3)9-11-4-5-12(14)13(8-11)16(17)18/h4-5,8,10H,6-7,9,14H2,1-3H3. The molecule has 0 fully saturated rings. The molecule has 100 valence electrons. The number of benzene rings is 1. The van der Waals surface area contributed by atoms with Gasteiger partial charge in [-0.1, -0.05) is 19.9 Å². The highest BCUT2D eigenvalue weighted by Gasteiger charge is 2.12. The van der Waals surface area contributed by atoms with Crippen molar-refractivity contribution in [3.05, 3.63) is 33.9 Å². The Balaban J connectivity index is 2.67. The molecule has 0 aliphatic carbocycles. The van der Waals surface area contributed by atoms with Crippen LogP contribution >= 0.6 is 0 Å². The molecule has 1 aromatic carbocycles. The SMILES string of the molecule is CC(C)CCN(C)Cc1ccc(N)c([N+](=O)[O-])c1. The van der Waals surface area contributed by atoms with Gasteiger partial charge in [-0.15, -0.1) is 0 Å². The number of nitrogen functional groups attached to an aromatic ring is 1. The minimum Gasteiger partial charge on any atom is -0.393 e. The van der Waals surface area contributed by atoms with Crippen LogP contribution < -0.4 is 5.73 Å². The molecule has 0 amide bonds. The van der Waals surface area contributed by atoms with Crippen molar-refractivity contribution in [2.75, 3.05) is 19.3 Å². The molecule has 2 N–H and O–H groups in total. The third kappa shape index (κ3) is 4.33. The van der Waals surface area contributed by atoms with Gasteiger partial charge in [-0.05, 0) is 37.6 Å². The number of rotatable bonds is 6. The van der Waals surface area contributed by atoms with Crippen LogP contribution in [0.5, 0.6) is 0 Å². The molecule has 0 aliphatic rings. The third-order valence-corrected chi connectivity index (χ3v) is 2.83. The van der Waals surface area contributed by atoms with Crippen LogP contribution in [0.15, 0.2) is 18.2 Å². The fourth-order valence-electron chi connectivity index (χ4n) is 1.72. The molecule has 0 bridgehead atoms. The largest absolute Gasteiger partial charge is 0.393 e. The number of hydrogen-bond acceptors (Lipinski definition) is 4. The van der Waals surface area contributed by atoms with Crippen LogP contribution in [0, 0.1) is 16.0 Å². The minimum atomic E-state index is -0.438. The Kier molecular flexibility index (Phi) is 5.09. The summed E-state index contributed by atoms with van der Waals surface area (Å²) in [5, 5.41) is 10.8. The zero-order chi connectivity index (χ0) is 13.7. The van der Waals surface area contributed by atoms with Crippen molar-refractivity contribution in [3.8, 4) is 0 Å². The van der Waals surface area contributed by atoms with Crippen molar-refractivity contribution in [1.29, 1.82) is 0 Å². The first-order valence-electron chi connectivity index (χ1n) is 6.11. The Morgan fingerprint density at radius 1 is 1.44 bits per heavy atom. The summed E-state index contributed by atoms with van der Waals surface area (Å²) in [6.07, 6.45) is 1.12. The lowest BCUT2D eigenvalue weighted by molar-refractivity contribution is -0.384. The smallest absolute Gasteiger partial charge is 0.292 e. The second kappa shape index (κ2) is 6.35. The molecule has 0 atom stereocenters. The van der Waals surface area contributed by atoms with Crippen molar-refractivity contribution in [1.82, 2.24) is 4.90 Å². The van der Waals surface area contributed by atoms with E-state index in [4.69, 9.17) is 5.73 Å². The lowest BCUT2D eigenvalue weighted by Crippen LogP contribution is -2.20. The molecule has 1 rings (SSSR count). The van der Waals surface area contributed by atoms with Crippen LogP contribution in [0.4, 0.5) is 11.4 Å². The van der Waals surface area contributed by atoms with Gasteiger partial charge in [0.2, 0.25) is 0 Å². The maximum absolute atomic E-state index is 10.8. The van der Waals surface area contributed by atoms with Gasteiger partial charge in [0.15, 0.2) is 0 Å². The highest BCUT2D eigenvalue weighted by Crippen LogP contribution is 2.22. The summed E-state index contributed by atoms with van der Waals surface area (Å²) < 4.78 is 0. The summed E-state index contributed by atoms with van der Waals surface area (Å²) in [7, 11) is 2.02. The van der Waals surface area contributed by atoms with Crippen LogP contribution in [0.2, 0.25) is 0 Å². The van der Waals surface area contributed by atoms with E-state index in [-0.39, 0.29) is 11.4 Å². The number of nitro groups is 1. The van der Waals surface area contributed by atoms with Crippen LogP contribution in [-0.4, -0.2) is 23.4 Å². The van der Waals surface area contributed by atoms with Crippen molar-refractivity contribution >= 4 is 11.4 Å². The van der Waals surface area contributed by atoms with Gasteiger partial charge in [-0.2, -0.15) is 0 Å². The molecule has 0 saturated carbocycles. The van der Waals surface area contributed by atoms with Gasteiger partial charge in [-0.25, -0.2) is 0 Å². The molecule has 1 aromatic rings. The lowest BCUT2D eigenvalue weighted by Gasteiger charge is -2.17. The van der Waals surface area contributed by atoms with Gasteiger partial charge in [0.05, 0.1) is 4.92 Å². The van der Waals surface area contributed by atoms with E-state index in [1.54, 1.807) is 12.1 Å². The molecule has 0 spiro atoms. The monoisotopic (exact) mass is 251 g/mol. The Morgan fingerprint density at radius 2 is 2.11 bits per heavy atom. The summed E-state index contributed by atoms with van der Waals surface area (Å²) in [5.74, 6) is 0.660. The molecule has 0 aromatic heterocycles. The highest BCUT2D eigenvalue weighted by molar-refractivity contribution is 5.59. The topological polar surface area (TPSA) is 72.4 Å². The fourth-order valence-corrected chi connectivity index (χ4v) is 1.72. The molecular weight excluding hydrogens is 230 g/mol. The number of nitrogens with zero attached hydrogens (tertiary/aromatic N) is 2. The van der Waals surface area contributed by atoms with Crippen molar-refractivity contribution in [3.63, 3.8) is 0 Å². The van der Waals surface area contributed by atoms with Gasteiger partial charge >= 0.3 is 0 Å². The van der Waals surface area contributed by atoms with Gasteiger partial charge in [-0.3, -0.25) is 10.1 Å². The summed E-state index contributed by atoms with van der Waals surface area (Å²) in [6.45, 7) is 6.05. The average molecular weight is 251 g/mol. The molecule has 5 nitrogen and oxygen atoms in total. The molecule has 0 radical (unpaired) electrons. The van der Waals surface area contributed by atoms with E-state index in [0.29, 0.717) is 12.5 Å². The molecule has 0 heterocycles. The van der Waals surface area contributed by atoms with E-state index in [1.165, 1.54) is 0 Å². The first-order valence-corrected chi connectivity index (χ1v) is 6.11. The highest BCUT2D eigenvalue weighted by atomic mass is 16.6. The Bertz CT molecular complexity index is 419. The van der Waals surface area contributed by atoms with Crippen molar-refractivity contribution < 1.29 is 4.92 Å². The van der Waals surface area contributed by atoms with E-state index in [1.807, 2.05) is 13.1 Å². The van der Waals surface area contributed by atoms with E-state index in [0.717, 1.165) is 18.5 Å². The first-order chi connectivity index (χ1) is 8.40. The first kappa shape index (κ1) is 14.4. The fraction of sp³-hybridized carbons (Fsp3) is 0.538. The van der Waals surface area contributed by atoms with Gasteiger partial charge in [0.1, 0.15) is 5.69 Å². The van der Waals surface area contributed by atoms with Crippen LogP contribution in [-0.2, 0) is 6.54 Å². The van der Waals surface area contributed by atoms with E-state index in [9.17, 15) is 10.1 Å². The van der Waals surface area contributed by atoms with Gasteiger partial charge < -0.3 is 10.6 Å². The number of hydrogen-bond donors (Lipinski definition) is 1. The maximum Gasteiger partial charge on any atom is 0.292 e. The van der Waals surface area contributed by atoms with Crippen molar-refractivity contribution in [2.24, 2.45) is 5.92 Å². The maximum atomic E-state index is 10.8. The number of anilines is 1. The van der Waals surface area contributed by atoms with Crippen LogP contribution in [0.3, 0.4) is 0 Å².